The molecule has 0 saturated carbocycles. The summed E-state index contributed by atoms with van der Waals surface area (Å²) in [5, 5.41) is 10.7. The molecule has 0 radical (unpaired) electrons. The molecule has 1 heterocycles. The molecule has 1 atom stereocenters. The molecule has 0 bridgehead atoms. The molecule has 2 amide bonds. The van der Waals surface area contributed by atoms with Gasteiger partial charge < -0.3 is 9.84 Å². The molecule has 5 nitrogen and oxygen atoms in total. The molecule has 0 unspecified atom stereocenters. The van der Waals surface area contributed by atoms with E-state index in [0.717, 1.165) is 10.5 Å². The summed E-state index contributed by atoms with van der Waals surface area (Å²) in [5.41, 5.74) is 1.67. The zero-order chi connectivity index (χ0) is 17.1. The van der Waals surface area contributed by atoms with Crippen LogP contribution >= 0.6 is 11.6 Å². The number of carbonyl (C=O) groups is 2. The second-order valence-corrected chi connectivity index (χ2v) is 6.00. The largest absolute Gasteiger partial charge is 0.389 e. The van der Waals surface area contributed by atoms with Crippen molar-refractivity contribution in [1.29, 1.82) is 0 Å². The highest BCUT2D eigenvalue weighted by Crippen LogP contribution is 2.22. The summed E-state index contributed by atoms with van der Waals surface area (Å²) in [6.45, 7) is 0.249. The number of imide groups is 1. The third-order valence-electron chi connectivity index (χ3n) is 3.76. The Balaban J connectivity index is 1.52. The fraction of sp³-hybridized carbons (Fsp3) is 0.222. The van der Waals surface area contributed by atoms with Crippen LogP contribution in [-0.2, 0) is 11.3 Å². The van der Waals surface area contributed by atoms with Crippen LogP contribution in [-0.4, -0.2) is 41.1 Å². The number of fused-ring (bicyclic) bond motifs is 1. The first-order chi connectivity index (χ1) is 11.6. The Hall–Kier alpha value is -2.21. The zero-order valence-electron chi connectivity index (χ0n) is 12.8. The van der Waals surface area contributed by atoms with Crippen molar-refractivity contribution in [3.05, 3.63) is 70.2 Å². The van der Waals surface area contributed by atoms with Gasteiger partial charge in [0.2, 0.25) is 0 Å². The molecule has 1 aliphatic rings. The van der Waals surface area contributed by atoms with Crippen LogP contribution in [0.25, 0.3) is 0 Å². The van der Waals surface area contributed by atoms with Crippen molar-refractivity contribution in [1.82, 2.24) is 4.90 Å². The lowest BCUT2D eigenvalue weighted by Crippen LogP contribution is -2.38. The van der Waals surface area contributed by atoms with E-state index in [9.17, 15) is 14.7 Å². The number of aliphatic hydroxyl groups is 1. The molecule has 1 aliphatic heterocycles. The lowest BCUT2D eigenvalue weighted by Gasteiger charge is -2.18. The first-order valence-corrected chi connectivity index (χ1v) is 7.89. The number of amides is 2. The quantitative estimate of drug-likeness (QED) is 0.817. The van der Waals surface area contributed by atoms with E-state index in [1.165, 1.54) is 0 Å². The third-order valence-corrected chi connectivity index (χ3v) is 4.02. The monoisotopic (exact) mass is 345 g/mol. The Labute approximate surface area is 144 Å². The van der Waals surface area contributed by atoms with Gasteiger partial charge in [-0.1, -0.05) is 35.9 Å². The Morgan fingerprint density at radius 1 is 1.00 bits per heavy atom. The maximum Gasteiger partial charge on any atom is 0.261 e. The molecule has 0 spiro atoms. The molecule has 6 heteroatoms. The van der Waals surface area contributed by atoms with E-state index in [-0.39, 0.29) is 25.0 Å². The molecule has 3 rings (SSSR count). The van der Waals surface area contributed by atoms with Gasteiger partial charge in [-0.15, -0.1) is 0 Å². The zero-order valence-corrected chi connectivity index (χ0v) is 13.6. The topological polar surface area (TPSA) is 66.8 Å². The van der Waals surface area contributed by atoms with Crippen molar-refractivity contribution in [2.45, 2.75) is 12.7 Å². The van der Waals surface area contributed by atoms with E-state index >= 15 is 0 Å². The molecular formula is C18H16ClNO4. The Morgan fingerprint density at radius 2 is 1.58 bits per heavy atom. The minimum Gasteiger partial charge on any atom is -0.389 e. The number of hydrogen-bond donors (Lipinski definition) is 1. The van der Waals surface area contributed by atoms with Crippen LogP contribution in [0.2, 0.25) is 5.02 Å². The predicted octanol–water partition coefficient (Wildman–Crippen LogP) is 2.51. The first-order valence-electron chi connectivity index (χ1n) is 7.51. The second-order valence-electron chi connectivity index (χ2n) is 5.56. The van der Waals surface area contributed by atoms with E-state index < -0.39 is 6.10 Å². The van der Waals surface area contributed by atoms with Gasteiger partial charge in [-0.25, -0.2) is 0 Å². The Bertz CT molecular complexity index is 725. The number of benzene rings is 2. The third kappa shape index (κ3) is 3.48. The lowest BCUT2D eigenvalue weighted by molar-refractivity contribution is 0.0120. The molecule has 124 valence electrons. The van der Waals surface area contributed by atoms with Crippen LogP contribution in [0, 0.1) is 0 Å². The average Bonchev–Trinajstić information content (AvgIpc) is 2.82. The van der Waals surface area contributed by atoms with E-state index in [1.54, 1.807) is 36.4 Å². The van der Waals surface area contributed by atoms with Crippen LogP contribution in [0.5, 0.6) is 0 Å². The van der Waals surface area contributed by atoms with Gasteiger partial charge in [-0.3, -0.25) is 14.5 Å². The van der Waals surface area contributed by atoms with Crippen molar-refractivity contribution in [3.63, 3.8) is 0 Å². The van der Waals surface area contributed by atoms with Crippen LogP contribution in [0.1, 0.15) is 26.3 Å². The fourth-order valence-corrected chi connectivity index (χ4v) is 2.69. The van der Waals surface area contributed by atoms with Crippen LogP contribution in [0.3, 0.4) is 0 Å². The van der Waals surface area contributed by atoms with Crippen molar-refractivity contribution < 1.29 is 19.4 Å². The van der Waals surface area contributed by atoms with Crippen molar-refractivity contribution in [2.24, 2.45) is 0 Å². The SMILES string of the molecule is O=C1c2ccccc2C(=O)N1C[C@@H](O)COCc1ccc(Cl)cc1. The van der Waals surface area contributed by atoms with Crippen molar-refractivity contribution >= 4 is 23.4 Å². The maximum absolute atomic E-state index is 12.2. The second kappa shape index (κ2) is 7.13. The van der Waals surface area contributed by atoms with Gasteiger partial charge in [-0.2, -0.15) is 0 Å². The van der Waals surface area contributed by atoms with E-state index in [1.807, 2.05) is 12.1 Å². The molecule has 0 aromatic heterocycles. The lowest BCUT2D eigenvalue weighted by atomic mass is 10.1. The summed E-state index contributed by atoms with van der Waals surface area (Å²) in [5.74, 6) is -0.764. The average molecular weight is 346 g/mol. The molecule has 1 N–H and O–H groups in total. The van der Waals surface area contributed by atoms with Gasteiger partial charge in [-0.05, 0) is 29.8 Å². The number of rotatable bonds is 6. The highest BCUT2D eigenvalue weighted by molar-refractivity contribution is 6.30. The fourth-order valence-electron chi connectivity index (χ4n) is 2.56. The molecule has 2 aromatic carbocycles. The number of aliphatic hydroxyl groups excluding tert-OH is 1. The normalized spacial score (nSPS) is 14.8. The van der Waals surface area contributed by atoms with Crippen molar-refractivity contribution in [2.75, 3.05) is 13.2 Å². The van der Waals surface area contributed by atoms with E-state index in [2.05, 4.69) is 0 Å². The number of β-amino-alcohol motifs (C(OH)–C–C–N with tert-alkyl or cyclic N) is 1. The minimum absolute atomic E-state index is 0.0238. The number of carbonyl (C=O) groups excluding carboxylic acids is 2. The molecule has 24 heavy (non-hydrogen) atoms. The summed E-state index contributed by atoms with van der Waals surface area (Å²) in [4.78, 5) is 25.5. The molecular weight excluding hydrogens is 330 g/mol. The summed E-state index contributed by atoms with van der Waals surface area (Å²) in [6.07, 6.45) is -0.945. The smallest absolute Gasteiger partial charge is 0.261 e. The number of halogens is 1. The molecule has 0 aliphatic carbocycles. The predicted molar refractivity (Wildman–Crippen MR) is 88.9 cm³/mol. The number of hydrogen-bond acceptors (Lipinski definition) is 4. The van der Waals surface area contributed by atoms with Gasteiger partial charge >= 0.3 is 0 Å². The van der Waals surface area contributed by atoms with Crippen LogP contribution < -0.4 is 0 Å². The minimum atomic E-state index is -0.945. The maximum atomic E-state index is 12.2. The van der Waals surface area contributed by atoms with E-state index in [4.69, 9.17) is 16.3 Å². The molecule has 0 saturated heterocycles. The van der Waals surface area contributed by atoms with Gasteiger partial charge in [0.25, 0.3) is 11.8 Å². The summed E-state index contributed by atoms with van der Waals surface area (Å²) >= 11 is 5.81. The summed E-state index contributed by atoms with van der Waals surface area (Å²) < 4.78 is 5.44. The summed E-state index contributed by atoms with van der Waals surface area (Å²) in [6, 6.07) is 13.8. The summed E-state index contributed by atoms with van der Waals surface area (Å²) in [7, 11) is 0. The Kier molecular flexibility index (Phi) is 4.94. The first kappa shape index (κ1) is 16.6. The van der Waals surface area contributed by atoms with Gasteiger partial charge in [0, 0.05) is 5.02 Å². The standard InChI is InChI=1S/C18H16ClNO4/c19-13-7-5-12(6-8-13)10-24-11-14(21)9-20-17(22)15-3-1-2-4-16(15)18(20)23/h1-8,14,21H,9-11H2/t14-/m1/s1. The molecule has 2 aromatic rings. The Morgan fingerprint density at radius 3 is 2.17 bits per heavy atom. The highest BCUT2D eigenvalue weighted by Gasteiger charge is 2.36. The highest BCUT2D eigenvalue weighted by atomic mass is 35.5. The van der Waals surface area contributed by atoms with Crippen molar-refractivity contribution in [3.8, 4) is 0 Å². The molecule has 0 fully saturated rings. The number of nitrogens with zero attached hydrogens (tertiary/aromatic N) is 1. The van der Waals surface area contributed by atoms with E-state index in [0.29, 0.717) is 22.8 Å². The van der Waals surface area contributed by atoms with Gasteiger partial charge in [0.05, 0.1) is 37.0 Å². The number of ether oxygens (including phenoxy) is 1. The van der Waals surface area contributed by atoms with Gasteiger partial charge in [0.15, 0.2) is 0 Å². The van der Waals surface area contributed by atoms with Crippen LogP contribution in [0.4, 0.5) is 0 Å². The van der Waals surface area contributed by atoms with Crippen LogP contribution in [0.15, 0.2) is 48.5 Å². The van der Waals surface area contributed by atoms with Gasteiger partial charge in [0.1, 0.15) is 0 Å².